The zero-order valence-corrected chi connectivity index (χ0v) is 17.9. The third-order valence-corrected chi connectivity index (χ3v) is 5.51. The van der Waals surface area contributed by atoms with Crippen LogP contribution in [0.3, 0.4) is 0 Å². The largest absolute Gasteiger partial charge is 0.325 e. The lowest BCUT2D eigenvalue weighted by Gasteiger charge is -2.11. The lowest BCUT2D eigenvalue weighted by Crippen LogP contribution is -2.23. The Morgan fingerprint density at radius 2 is 1.90 bits per heavy atom. The van der Waals surface area contributed by atoms with Gasteiger partial charge in [0.15, 0.2) is 11.0 Å². The SMILES string of the molecule is Cc1cccc(NC(=O)CSc2nnc(CNS(C)(=O)=O)n2-c2ccc(F)cc2)c1. The van der Waals surface area contributed by atoms with Crippen molar-refractivity contribution in [2.24, 2.45) is 0 Å². The average molecular weight is 450 g/mol. The van der Waals surface area contributed by atoms with Gasteiger partial charge < -0.3 is 5.32 Å². The topological polar surface area (TPSA) is 106 Å². The van der Waals surface area contributed by atoms with E-state index >= 15 is 0 Å². The van der Waals surface area contributed by atoms with Crippen LogP contribution in [0.5, 0.6) is 0 Å². The molecule has 0 saturated carbocycles. The molecule has 0 saturated heterocycles. The molecule has 0 spiro atoms. The normalized spacial score (nSPS) is 11.4. The third-order valence-electron chi connectivity index (χ3n) is 3.91. The quantitative estimate of drug-likeness (QED) is 0.512. The molecule has 2 N–H and O–H groups in total. The van der Waals surface area contributed by atoms with Crippen molar-refractivity contribution in [2.45, 2.75) is 18.6 Å². The summed E-state index contributed by atoms with van der Waals surface area (Å²) in [7, 11) is -3.44. The molecule has 3 rings (SSSR count). The molecule has 0 bridgehead atoms. The Balaban J connectivity index is 1.78. The van der Waals surface area contributed by atoms with Gasteiger partial charge in [-0.05, 0) is 48.9 Å². The molecule has 158 valence electrons. The van der Waals surface area contributed by atoms with Gasteiger partial charge in [-0.15, -0.1) is 10.2 Å². The van der Waals surface area contributed by atoms with Crippen molar-refractivity contribution in [3.8, 4) is 5.69 Å². The molecule has 8 nitrogen and oxygen atoms in total. The lowest BCUT2D eigenvalue weighted by atomic mass is 10.2. The van der Waals surface area contributed by atoms with E-state index in [4.69, 9.17) is 0 Å². The maximum atomic E-state index is 13.3. The van der Waals surface area contributed by atoms with Crippen molar-refractivity contribution < 1.29 is 17.6 Å². The molecule has 3 aromatic rings. The molecule has 0 aliphatic rings. The molecule has 1 aromatic heterocycles. The number of hydrogen-bond donors (Lipinski definition) is 2. The average Bonchev–Trinajstić information content (AvgIpc) is 3.08. The highest BCUT2D eigenvalue weighted by molar-refractivity contribution is 7.99. The second-order valence-corrected chi connectivity index (χ2v) is 9.29. The van der Waals surface area contributed by atoms with Crippen molar-refractivity contribution in [1.29, 1.82) is 0 Å². The lowest BCUT2D eigenvalue weighted by molar-refractivity contribution is -0.113. The number of carbonyl (C=O) groups excluding carboxylic acids is 1. The predicted molar refractivity (Wildman–Crippen MR) is 114 cm³/mol. The van der Waals surface area contributed by atoms with Gasteiger partial charge in [-0.2, -0.15) is 0 Å². The van der Waals surface area contributed by atoms with E-state index in [0.717, 1.165) is 23.6 Å². The summed E-state index contributed by atoms with van der Waals surface area (Å²) in [5.41, 5.74) is 2.27. The summed E-state index contributed by atoms with van der Waals surface area (Å²) in [5.74, 6) is -0.259. The number of carbonyl (C=O) groups is 1. The van der Waals surface area contributed by atoms with Crippen molar-refractivity contribution in [2.75, 3.05) is 17.3 Å². The second kappa shape index (κ2) is 9.37. The van der Waals surface area contributed by atoms with Gasteiger partial charge in [-0.1, -0.05) is 23.9 Å². The van der Waals surface area contributed by atoms with Crippen molar-refractivity contribution in [3.63, 3.8) is 0 Å². The number of aryl methyl sites for hydroxylation is 1. The van der Waals surface area contributed by atoms with Gasteiger partial charge in [0.1, 0.15) is 5.82 Å². The van der Waals surface area contributed by atoms with Crippen LogP contribution < -0.4 is 10.0 Å². The number of aromatic nitrogens is 3. The highest BCUT2D eigenvalue weighted by Gasteiger charge is 2.17. The second-order valence-electron chi connectivity index (χ2n) is 6.51. The van der Waals surface area contributed by atoms with Crippen LogP contribution in [-0.4, -0.2) is 41.1 Å². The molecule has 1 amide bonds. The number of benzene rings is 2. The number of anilines is 1. The fourth-order valence-corrected chi connectivity index (χ4v) is 3.77. The molecular formula is C19H20FN5O3S2. The molecule has 1 heterocycles. The summed E-state index contributed by atoms with van der Waals surface area (Å²) in [5, 5.41) is 11.3. The van der Waals surface area contributed by atoms with Crippen LogP contribution in [0.1, 0.15) is 11.4 Å². The number of amides is 1. The van der Waals surface area contributed by atoms with E-state index in [0.29, 0.717) is 22.4 Å². The van der Waals surface area contributed by atoms with Crippen LogP contribution in [-0.2, 0) is 21.4 Å². The van der Waals surface area contributed by atoms with Gasteiger partial charge in [0.2, 0.25) is 15.9 Å². The van der Waals surface area contributed by atoms with Crippen LogP contribution in [0.4, 0.5) is 10.1 Å². The maximum Gasteiger partial charge on any atom is 0.234 e. The van der Waals surface area contributed by atoms with Crippen LogP contribution in [0.25, 0.3) is 5.69 Å². The van der Waals surface area contributed by atoms with E-state index in [2.05, 4.69) is 20.2 Å². The smallest absolute Gasteiger partial charge is 0.234 e. The molecule has 0 atom stereocenters. The highest BCUT2D eigenvalue weighted by atomic mass is 32.2. The summed E-state index contributed by atoms with van der Waals surface area (Å²) in [6.07, 6.45) is 1.04. The predicted octanol–water partition coefficient (Wildman–Crippen LogP) is 2.49. The Labute approximate surface area is 178 Å². The highest BCUT2D eigenvalue weighted by Crippen LogP contribution is 2.23. The van der Waals surface area contributed by atoms with Crippen molar-refractivity contribution >= 4 is 33.4 Å². The minimum absolute atomic E-state index is 0.0623. The number of sulfonamides is 1. The molecule has 11 heteroatoms. The number of halogens is 1. The summed E-state index contributed by atoms with van der Waals surface area (Å²) < 4.78 is 40.2. The van der Waals surface area contributed by atoms with Crippen LogP contribution >= 0.6 is 11.8 Å². The number of hydrogen-bond acceptors (Lipinski definition) is 6. The van der Waals surface area contributed by atoms with E-state index in [1.807, 2.05) is 25.1 Å². The van der Waals surface area contributed by atoms with Gasteiger partial charge in [0.25, 0.3) is 0 Å². The van der Waals surface area contributed by atoms with Gasteiger partial charge in [0, 0.05) is 11.4 Å². The first-order chi connectivity index (χ1) is 14.2. The summed E-state index contributed by atoms with van der Waals surface area (Å²) in [4.78, 5) is 12.3. The van der Waals surface area contributed by atoms with E-state index in [1.165, 1.54) is 24.3 Å². The molecule has 30 heavy (non-hydrogen) atoms. The number of nitrogens with one attached hydrogen (secondary N) is 2. The third kappa shape index (κ3) is 6.12. The van der Waals surface area contributed by atoms with Crippen LogP contribution in [0.15, 0.2) is 53.7 Å². The molecule has 0 unspecified atom stereocenters. The monoisotopic (exact) mass is 449 g/mol. The molecule has 0 aliphatic carbocycles. The van der Waals surface area contributed by atoms with Gasteiger partial charge in [0.05, 0.1) is 18.6 Å². The molecule has 0 aliphatic heterocycles. The van der Waals surface area contributed by atoms with E-state index in [1.54, 1.807) is 10.6 Å². The van der Waals surface area contributed by atoms with E-state index in [9.17, 15) is 17.6 Å². The number of rotatable bonds is 8. The first-order valence-electron chi connectivity index (χ1n) is 8.85. The minimum atomic E-state index is -3.44. The maximum absolute atomic E-state index is 13.3. The number of thioether (sulfide) groups is 1. The zero-order valence-electron chi connectivity index (χ0n) is 16.3. The Morgan fingerprint density at radius 1 is 1.17 bits per heavy atom. The van der Waals surface area contributed by atoms with Crippen LogP contribution in [0, 0.1) is 12.7 Å². The molecule has 0 radical (unpaired) electrons. The molecular weight excluding hydrogens is 429 g/mol. The Hall–Kier alpha value is -2.76. The van der Waals surface area contributed by atoms with Gasteiger partial charge in [-0.3, -0.25) is 9.36 Å². The zero-order chi connectivity index (χ0) is 21.7. The van der Waals surface area contributed by atoms with Gasteiger partial charge >= 0.3 is 0 Å². The standard InChI is InChI=1S/C19H20FN5O3S2/c1-13-4-3-5-15(10-13)22-18(26)12-29-19-24-23-17(11-21-30(2,27)28)25(19)16-8-6-14(20)7-9-16/h3-10,21H,11-12H2,1-2H3,(H,22,26). The fraction of sp³-hybridized carbons (Fsp3) is 0.211. The summed E-state index contributed by atoms with van der Waals surface area (Å²) in [6.45, 7) is 1.83. The van der Waals surface area contributed by atoms with Crippen molar-refractivity contribution in [1.82, 2.24) is 19.5 Å². The molecule has 2 aromatic carbocycles. The van der Waals surface area contributed by atoms with E-state index < -0.39 is 15.8 Å². The number of nitrogens with zero attached hydrogens (tertiary/aromatic N) is 3. The Kier molecular flexibility index (Phi) is 6.85. The summed E-state index contributed by atoms with van der Waals surface area (Å²) >= 11 is 1.14. The Morgan fingerprint density at radius 3 is 2.57 bits per heavy atom. The van der Waals surface area contributed by atoms with Crippen molar-refractivity contribution in [3.05, 3.63) is 65.7 Å². The first-order valence-corrected chi connectivity index (χ1v) is 11.7. The van der Waals surface area contributed by atoms with E-state index in [-0.39, 0.29) is 18.2 Å². The van der Waals surface area contributed by atoms with Gasteiger partial charge in [-0.25, -0.2) is 17.5 Å². The summed E-state index contributed by atoms with van der Waals surface area (Å²) in [6, 6.07) is 13.1. The first kappa shape index (κ1) is 21.9. The minimum Gasteiger partial charge on any atom is -0.325 e. The fourth-order valence-electron chi connectivity index (χ4n) is 2.60. The molecule has 0 fully saturated rings. The van der Waals surface area contributed by atoms with Crippen LogP contribution in [0.2, 0.25) is 0 Å². The Bertz CT molecular complexity index is 1150.